The fourth-order valence-electron chi connectivity index (χ4n) is 2.80. The van der Waals surface area contributed by atoms with Crippen LogP contribution in [-0.2, 0) is 20.2 Å². The number of nitrogens with two attached hydrogens (primary N) is 1. The van der Waals surface area contributed by atoms with Gasteiger partial charge in [-0.15, -0.1) is 0 Å². The molecule has 0 saturated heterocycles. The molecule has 0 radical (unpaired) electrons. The lowest BCUT2D eigenvalue weighted by molar-refractivity contribution is 0.104. The van der Waals surface area contributed by atoms with Gasteiger partial charge in [0.25, 0.3) is 20.2 Å². The fraction of sp³-hybridized carbons (Fsp3) is 0. The Labute approximate surface area is 159 Å². The summed E-state index contributed by atoms with van der Waals surface area (Å²) in [4.78, 5) is 11.3. The molecular weight excluding hydrogens is 410 g/mol. The van der Waals surface area contributed by atoms with Crippen LogP contribution in [0, 0.1) is 0 Å². The predicted octanol–water partition coefficient (Wildman–Crippen LogP) is 1.85. The minimum Gasteiger partial charge on any atom is -0.507 e. The Kier molecular flexibility index (Phi) is 4.63. The maximum Gasteiger partial charge on any atom is 0.296 e. The number of carbonyl (C=O) groups excluding carboxylic acids is 1. The van der Waals surface area contributed by atoms with E-state index in [1.54, 1.807) is 18.2 Å². The van der Waals surface area contributed by atoms with Crippen LogP contribution in [0.15, 0.2) is 58.3 Å². The van der Waals surface area contributed by atoms with Crippen molar-refractivity contribution in [2.75, 3.05) is 5.73 Å². The van der Waals surface area contributed by atoms with Crippen molar-refractivity contribution < 1.29 is 35.8 Å². The van der Waals surface area contributed by atoms with Crippen LogP contribution in [-0.4, -0.2) is 36.8 Å². The van der Waals surface area contributed by atoms with Crippen LogP contribution in [0.3, 0.4) is 0 Å². The van der Waals surface area contributed by atoms with Gasteiger partial charge in [-0.2, -0.15) is 16.8 Å². The highest BCUT2D eigenvalue weighted by Crippen LogP contribution is 2.39. The minimum absolute atomic E-state index is 0.146. The highest BCUT2D eigenvalue weighted by atomic mass is 32.2. The first-order chi connectivity index (χ1) is 12.9. The molecule has 0 saturated carbocycles. The van der Waals surface area contributed by atoms with Crippen LogP contribution in [0.1, 0.15) is 15.9 Å². The molecule has 0 fully saturated rings. The molecule has 0 heterocycles. The molecule has 3 aromatic rings. The molecule has 0 aliphatic rings. The van der Waals surface area contributed by atoms with Crippen LogP contribution < -0.4 is 5.73 Å². The second-order valence-corrected chi connectivity index (χ2v) is 8.66. The number of carbonyl (C=O) groups is 1. The van der Waals surface area contributed by atoms with E-state index in [-0.39, 0.29) is 21.9 Å². The fourth-order valence-corrected chi connectivity index (χ4v) is 3.98. The SMILES string of the molecule is Nc1c(S(=O)(=O)O)cc(C(=O)c2ccccc2)c2c(O)cc(S(=O)(=O)O)cc12. The largest absolute Gasteiger partial charge is 0.507 e. The summed E-state index contributed by atoms with van der Waals surface area (Å²) in [6.45, 7) is 0. The lowest BCUT2D eigenvalue weighted by Gasteiger charge is -2.14. The topological polar surface area (TPSA) is 172 Å². The van der Waals surface area contributed by atoms with E-state index in [2.05, 4.69) is 0 Å². The van der Waals surface area contributed by atoms with E-state index in [0.717, 1.165) is 12.1 Å². The Morgan fingerprint density at radius 2 is 1.50 bits per heavy atom. The predicted molar refractivity (Wildman–Crippen MR) is 99.5 cm³/mol. The van der Waals surface area contributed by atoms with E-state index in [1.807, 2.05) is 0 Å². The molecule has 9 nitrogen and oxygen atoms in total. The Morgan fingerprint density at radius 1 is 0.893 bits per heavy atom. The molecule has 146 valence electrons. The van der Waals surface area contributed by atoms with Crippen LogP contribution >= 0.6 is 0 Å². The summed E-state index contributed by atoms with van der Waals surface area (Å²) in [5.74, 6) is -1.43. The molecule has 0 bridgehead atoms. The molecule has 5 N–H and O–H groups in total. The molecular formula is C17H13NO8S2. The molecule has 0 aliphatic carbocycles. The average molecular weight is 423 g/mol. The molecule has 3 rings (SSSR count). The number of benzene rings is 3. The Morgan fingerprint density at radius 3 is 2.04 bits per heavy atom. The van der Waals surface area contributed by atoms with Gasteiger partial charge in [-0.05, 0) is 12.1 Å². The zero-order chi connectivity index (χ0) is 20.9. The van der Waals surface area contributed by atoms with Gasteiger partial charge in [0.15, 0.2) is 5.78 Å². The van der Waals surface area contributed by atoms with E-state index in [0.29, 0.717) is 6.07 Å². The first kappa shape index (κ1) is 19.8. The number of nitrogen functional groups attached to an aromatic ring is 1. The summed E-state index contributed by atoms with van der Waals surface area (Å²) < 4.78 is 65.0. The second-order valence-electron chi connectivity index (χ2n) is 5.85. The third-order valence-electron chi connectivity index (χ3n) is 4.05. The molecule has 0 aliphatic heterocycles. The lowest BCUT2D eigenvalue weighted by atomic mass is 9.95. The second kappa shape index (κ2) is 6.56. The molecule has 28 heavy (non-hydrogen) atoms. The highest BCUT2D eigenvalue weighted by Gasteiger charge is 2.26. The summed E-state index contributed by atoms with van der Waals surface area (Å²) in [5.41, 5.74) is 4.98. The number of phenols is 1. The van der Waals surface area contributed by atoms with Gasteiger partial charge < -0.3 is 10.8 Å². The van der Waals surface area contributed by atoms with Gasteiger partial charge in [0.2, 0.25) is 0 Å². The number of phenolic OH excluding ortho intramolecular Hbond substituents is 1. The standard InChI is InChI=1S/C17H13NO8S2/c18-16-11-6-10(27(21,22)23)7-13(19)15(11)12(8-14(16)28(24,25)26)17(20)9-4-2-1-3-5-9/h1-8,19H,18H2,(H,21,22,23)(H,24,25,26). The maximum absolute atomic E-state index is 12.9. The van der Waals surface area contributed by atoms with E-state index in [9.17, 15) is 35.8 Å². The highest BCUT2D eigenvalue weighted by molar-refractivity contribution is 7.86. The number of rotatable bonds is 4. The van der Waals surface area contributed by atoms with Gasteiger partial charge in [0.05, 0.1) is 10.6 Å². The smallest absolute Gasteiger partial charge is 0.296 e. The molecule has 0 spiro atoms. The van der Waals surface area contributed by atoms with Crippen molar-refractivity contribution in [1.82, 2.24) is 0 Å². The van der Waals surface area contributed by atoms with E-state index >= 15 is 0 Å². The maximum atomic E-state index is 12.9. The van der Waals surface area contributed by atoms with Crippen molar-refractivity contribution in [1.29, 1.82) is 0 Å². The van der Waals surface area contributed by atoms with E-state index in [4.69, 9.17) is 5.73 Å². The summed E-state index contributed by atoms with van der Waals surface area (Å²) in [6.07, 6.45) is 0. The van der Waals surface area contributed by atoms with Crippen LogP contribution in [0.5, 0.6) is 5.75 Å². The number of hydrogen-bond donors (Lipinski definition) is 4. The molecule has 3 aromatic carbocycles. The van der Waals surface area contributed by atoms with Crippen molar-refractivity contribution in [2.45, 2.75) is 9.79 Å². The average Bonchev–Trinajstić information content (AvgIpc) is 2.60. The Bertz CT molecular complexity index is 1330. The van der Waals surface area contributed by atoms with Crippen molar-refractivity contribution in [3.05, 3.63) is 59.7 Å². The van der Waals surface area contributed by atoms with Gasteiger partial charge >= 0.3 is 0 Å². The Hall–Kier alpha value is -2.99. The number of aromatic hydroxyl groups is 1. The summed E-state index contributed by atoms with van der Waals surface area (Å²) in [7, 11) is -9.67. The first-order valence-electron chi connectivity index (χ1n) is 7.55. The molecule has 0 atom stereocenters. The number of ketones is 1. The zero-order valence-corrected chi connectivity index (χ0v) is 15.5. The van der Waals surface area contributed by atoms with Crippen molar-refractivity contribution in [3.8, 4) is 5.75 Å². The van der Waals surface area contributed by atoms with Crippen LogP contribution in [0.2, 0.25) is 0 Å². The third kappa shape index (κ3) is 3.43. The third-order valence-corrected chi connectivity index (χ3v) is 5.77. The molecule has 11 heteroatoms. The van der Waals surface area contributed by atoms with Crippen molar-refractivity contribution >= 4 is 42.5 Å². The van der Waals surface area contributed by atoms with Gasteiger partial charge in [0, 0.05) is 28.0 Å². The Balaban J connectivity index is 2.50. The number of fused-ring (bicyclic) bond motifs is 1. The van der Waals surface area contributed by atoms with Gasteiger partial charge in [-0.1, -0.05) is 30.3 Å². The zero-order valence-electron chi connectivity index (χ0n) is 13.9. The summed E-state index contributed by atoms with van der Waals surface area (Å²) in [5, 5.41) is 9.74. The van der Waals surface area contributed by atoms with Crippen LogP contribution in [0.25, 0.3) is 10.8 Å². The number of hydrogen-bond acceptors (Lipinski definition) is 7. The van der Waals surface area contributed by atoms with Crippen molar-refractivity contribution in [3.63, 3.8) is 0 Å². The van der Waals surface area contributed by atoms with Crippen molar-refractivity contribution in [2.24, 2.45) is 0 Å². The minimum atomic E-state index is -4.90. The van der Waals surface area contributed by atoms with Gasteiger partial charge in [0.1, 0.15) is 10.6 Å². The first-order valence-corrected chi connectivity index (χ1v) is 10.4. The molecule has 0 amide bonds. The van der Waals surface area contributed by atoms with Crippen LogP contribution in [0.4, 0.5) is 5.69 Å². The quantitative estimate of drug-likeness (QED) is 0.277. The van der Waals surface area contributed by atoms with E-state index in [1.165, 1.54) is 12.1 Å². The van der Waals surface area contributed by atoms with Gasteiger partial charge in [-0.25, -0.2) is 0 Å². The summed E-state index contributed by atoms with van der Waals surface area (Å²) >= 11 is 0. The van der Waals surface area contributed by atoms with Gasteiger partial charge in [-0.3, -0.25) is 13.9 Å². The van der Waals surface area contributed by atoms with E-state index < -0.39 is 47.2 Å². The molecule has 0 unspecified atom stereocenters. The normalized spacial score (nSPS) is 12.2. The molecule has 0 aromatic heterocycles. The number of anilines is 1. The summed E-state index contributed by atoms with van der Waals surface area (Å²) in [6, 6.07) is 9.97. The lowest BCUT2D eigenvalue weighted by Crippen LogP contribution is -2.10. The monoisotopic (exact) mass is 423 g/mol.